The van der Waals surface area contributed by atoms with Crippen molar-refractivity contribution in [3.05, 3.63) is 95.8 Å². The van der Waals surface area contributed by atoms with E-state index in [-0.39, 0.29) is 5.91 Å². The van der Waals surface area contributed by atoms with Gasteiger partial charge in [0.1, 0.15) is 11.6 Å². The zero-order valence-electron chi connectivity index (χ0n) is 20.6. The second-order valence-electron chi connectivity index (χ2n) is 8.92. The minimum atomic E-state index is -0.00111. The van der Waals surface area contributed by atoms with Crippen LogP contribution in [0.1, 0.15) is 53.8 Å². The molecule has 1 heterocycles. The van der Waals surface area contributed by atoms with Crippen LogP contribution in [0, 0.1) is 6.92 Å². The maximum Gasteiger partial charge on any atom is 0.251 e. The smallest absolute Gasteiger partial charge is 0.251 e. The van der Waals surface area contributed by atoms with Gasteiger partial charge in [0.15, 0.2) is 0 Å². The summed E-state index contributed by atoms with van der Waals surface area (Å²) >= 11 is 0. The lowest BCUT2D eigenvalue weighted by Crippen LogP contribution is -2.24. The van der Waals surface area contributed by atoms with Gasteiger partial charge in [-0.1, -0.05) is 55.0 Å². The summed E-state index contributed by atoms with van der Waals surface area (Å²) in [6.07, 6.45) is 6.08. The fourth-order valence-electron chi connectivity index (χ4n) is 4.32. The van der Waals surface area contributed by atoms with Crippen molar-refractivity contribution in [3.63, 3.8) is 0 Å². The number of carbonyl (C=O) groups excluding carboxylic acids is 1. The summed E-state index contributed by atoms with van der Waals surface area (Å²) in [6.45, 7) is 4.45. The van der Waals surface area contributed by atoms with Crippen molar-refractivity contribution in [2.24, 2.45) is 0 Å². The zero-order chi connectivity index (χ0) is 24.3. The van der Waals surface area contributed by atoms with Gasteiger partial charge in [0, 0.05) is 25.1 Å². The molecule has 4 aromatic rings. The predicted molar refractivity (Wildman–Crippen MR) is 142 cm³/mol. The maximum absolute atomic E-state index is 12.2. The van der Waals surface area contributed by atoms with Crippen molar-refractivity contribution < 1.29 is 9.53 Å². The Morgan fingerprint density at radius 3 is 2.49 bits per heavy atom. The van der Waals surface area contributed by atoms with Crippen molar-refractivity contribution in [3.8, 4) is 5.75 Å². The third kappa shape index (κ3) is 6.95. The molecule has 4 rings (SSSR count). The molecule has 3 aromatic carbocycles. The number of para-hydroxylation sites is 3. The standard InChI is InChI=1S/C30H35N3O2/c1-24-14-7-10-19-28(24)35-23-13-12-22-33-27-18-9-8-17-26(27)32-29(33)20-6-3-11-21-31-30(34)25-15-4-2-5-16-25/h2,4-5,7-10,14-19H,3,6,11-13,20-23H2,1H3,(H,31,34). The number of benzene rings is 3. The van der Waals surface area contributed by atoms with Crippen LogP contribution >= 0.6 is 0 Å². The molecule has 182 valence electrons. The number of unbranched alkanes of at least 4 members (excludes halogenated alkanes) is 3. The maximum atomic E-state index is 12.2. The number of hydrogen-bond donors (Lipinski definition) is 1. The van der Waals surface area contributed by atoms with Gasteiger partial charge in [-0.25, -0.2) is 4.98 Å². The minimum absolute atomic E-state index is 0.00111. The van der Waals surface area contributed by atoms with Gasteiger partial charge in [-0.3, -0.25) is 4.79 Å². The summed E-state index contributed by atoms with van der Waals surface area (Å²) in [7, 11) is 0. The number of ether oxygens (including phenoxy) is 1. The van der Waals surface area contributed by atoms with Gasteiger partial charge in [0.05, 0.1) is 17.6 Å². The highest BCUT2D eigenvalue weighted by atomic mass is 16.5. The van der Waals surface area contributed by atoms with Crippen LogP contribution < -0.4 is 10.1 Å². The van der Waals surface area contributed by atoms with E-state index in [9.17, 15) is 4.79 Å². The van der Waals surface area contributed by atoms with E-state index >= 15 is 0 Å². The largest absolute Gasteiger partial charge is 0.493 e. The van der Waals surface area contributed by atoms with Crippen molar-refractivity contribution in [1.29, 1.82) is 0 Å². The Morgan fingerprint density at radius 2 is 1.63 bits per heavy atom. The molecule has 0 aliphatic carbocycles. The highest BCUT2D eigenvalue weighted by Crippen LogP contribution is 2.20. The van der Waals surface area contributed by atoms with Crippen molar-refractivity contribution in [2.45, 2.75) is 52.0 Å². The summed E-state index contributed by atoms with van der Waals surface area (Å²) in [5, 5.41) is 3.01. The molecule has 0 saturated heterocycles. The Morgan fingerprint density at radius 1 is 0.857 bits per heavy atom. The quantitative estimate of drug-likeness (QED) is 0.232. The van der Waals surface area contributed by atoms with E-state index in [1.165, 1.54) is 11.1 Å². The van der Waals surface area contributed by atoms with Crippen LogP contribution in [0.4, 0.5) is 0 Å². The normalized spacial score (nSPS) is 11.0. The lowest BCUT2D eigenvalue weighted by Gasteiger charge is -2.11. The average molecular weight is 470 g/mol. The Balaban J connectivity index is 1.22. The molecule has 0 fully saturated rings. The second-order valence-corrected chi connectivity index (χ2v) is 8.92. The third-order valence-electron chi connectivity index (χ3n) is 6.26. The number of amides is 1. The zero-order valence-corrected chi connectivity index (χ0v) is 20.6. The molecule has 1 amide bonds. The first-order chi connectivity index (χ1) is 17.2. The van der Waals surface area contributed by atoms with Crippen LogP contribution in [0.5, 0.6) is 5.75 Å². The molecule has 0 bridgehead atoms. The van der Waals surface area contributed by atoms with E-state index in [0.29, 0.717) is 12.1 Å². The van der Waals surface area contributed by atoms with Crippen LogP contribution in [-0.2, 0) is 13.0 Å². The molecule has 0 radical (unpaired) electrons. The van der Waals surface area contributed by atoms with E-state index in [4.69, 9.17) is 9.72 Å². The number of fused-ring (bicyclic) bond motifs is 1. The molecule has 5 heteroatoms. The number of aryl methyl sites for hydroxylation is 3. The van der Waals surface area contributed by atoms with E-state index in [2.05, 4.69) is 47.1 Å². The Hall–Kier alpha value is -3.60. The fourth-order valence-corrected chi connectivity index (χ4v) is 4.32. The molecular formula is C30H35N3O2. The third-order valence-corrected chi connectivity index (χ3v) is 6.26. The number of aromatic nitrogens is 2. The van der Waals surface area contributed by atoms with E-state index in [0.717, 1.165) is 68.8 Å². The topological polar surface area (TPSA) is 56.1 Å². The van der Waals surface area contributed by atoms with Crippen LogP contribution in [0.25, 0.3) is 11.0 Å². The first-order valence-corrected chi connectivity index (χ1v) is 12.7. The number of carbonyl (C=O) groups is 1. The molecule has 0 atom stereocenters. The van der Waals surface area contributed by atoms with Crippen molar-refractivity contribution in [1.82, 2.24) is 14.9 Å². The van der Waals surface area contributed by atoms with Crippen molar-refractivity contribution >= 4 is 16.9 Å². The van der Waals surface area contributed by atoms with Crippen molar-refractivity contribution in [2.75, 3.05) is 13.2 Å². The Kier molecular flexibility index (Phi) is 8.93. The summed E-state index contributed by atoms with van der Waals surface area (Å²) in [6, 6.07) is 25.9. The SMILES string of the molecule is Cc1ccccc1OCCCCn1c(CCCCCNC(=O)c2ccccc2)nc2ccccc21. The molecule has 35 heavy (non-hydrogen) atoms. The highest BCUT2D eigenvalue weighted by Gasteiger charge is 2.10. The average Bonchev–Trinajstić information content (AvgIpc) is 3.24. The first-order valence-electron chi connectivity index (χ1n) is 12.7. The van der Waals surface area contributed by atoms with E-state index in [1.54, 1.807) is 0 Å². The summed E-state index contributed by atoms with van der Waals surface area (Å²) < 4.78 is 8.34. The second kappa shape index (κ2) is 12.7. The van der Waals surface area contributed by atoms with Crippen LogP contribution in [0.2, 0.25) is 0 Å². The lowest BCUT2D eigenvalue weighted by atomic mass is 10.1. The van der Waals surface area contributed by atoms with Gasteiger partial charge in [0.25, 0.3) is 5.91 Å². The summed E-state index contributed by atoms with van der Waals surface area (Å²) in [5.74, 6) is 2.12. The molecule has 1 N–H and O–H groups in total. The molecule has 5 nitrogen and oxygen atoms in total. The molecule has 0 saturated carbocycles. The molecule has 1 aromatic heterocycles. The number of rotatable bonds is 13. The van der Waals surface area contributed by atoms with Gasteiger partial charge in [-0.05, 0) is 68.5 Å². The summed E-state index contributed by atoms with van der Waals surface area (Å²) in [4.78, 5) is 17.1. The highest BCUT2D eigenvalue weighted by molar-refractivity contribution is 5.94. The Labute approximate surface area is 208 Å². The number of nitrogens with zero attached hydrogens (tertiary/aromatic N) is 2. The predicted octanol–water partition coefficient (Wildman–Crippen LogP) is 6.35. The van der Waals surface area contributed by atoms with E-state index in [1.807, 2.05) is 48.5 Å². The van der Waals surface area contributed by atoms with Crippen LogP contribution in [0.3, 0.4) is 0 Å². The van der Waals surface area contributed by atoms with Gasteiger partial charge in [-0.15, -0.1) is 0 Å². The number of imidazole rings is 1. The van der Waals surface area contributed by atoms with Crippen LogP contribution in [-0.4, -0.2) is 28.6 Å². The molecule has 0 unspecified atom stereocenters. The molecule has 0 spiro atoms. The number of hydrogen-bond acceptors (Lipinski definition) is 3. The fraction of sp³-hybridized carbons (Fsp3) is 0.333. The lowest BCUT2D eigenvalue weighted by molar-refractivity contribution is 0.0953. The molecule has 0 aliphatic rings. The summed E-state index contributed by atoms with van der Waals surface area (Å²) in [5.41, 5.74) is 4.16. The van der Waals surface area contributed by atoms with Crippen LogP contribution in [0.15, 0.2) is 78.9 Å². The Bertz CT molecular complexity index is 1220. The molecule has 0 aliphatic heterocycles. The first kappa shape index (κ1) is 24.5. The van der Waals surface area contributed by atoms with Gasteiger partial charge >= 0.3 is 0 Å². The van der Waals surface area contributed by atoms with Gasteiger partial charge in [-0.2, -0.15) is 0 Å². The van der Waals surface area contributed by atoms with Gasteiger partial charge < -0.3 is 14.6 Å². The van der Waals surface area contributed by atoms with Gasteiger partial charge in [0.2, 0.25) is 0 Å². The minimum Gasteiger partial charge on any atom is -0.493 e. The number of nitrogens with one attached hydrogen (secondary N) is 1. The van der Waals surface area contributed by atoms with E-state index < -0.39 is 0 Å². The molecular weight excluding hydrogens is 434 g/mol. The monoisotopic (exact) mass is 469 g/mol.